The molecule has 0 atom stereocenters. The summed E-state index contributed by atoms with van der Waals surface area (Å²) in [6.45, 7) is 7.46. The van der Waals surface area contributed by atoms with Crippen molar-refractivity contribution in [2.75, 3.05) is 13.2 Å². The highest BCUT2D eigenvalue weighted by atomic mass is 32.1. The Bertz CT molecular complexity index is 366. The minimum Gasteiger partial charge on any atom is -0.492 e. The summed E-state index contributed by atoms with van der Waals surface area (Å²) >= 11 is 5.10. The number of hydrogen-bond donors (Lipinski definition) is 2. The van der Waals surface area contributed by atoms with Crippen LogP contribution in [0.5, 0.6) is 5.75 Å². The molecule has 1 aromatic rings. The van der Waals surface area contributed by atoms with Crippen LogP contribution in [0.4, 0.5) is 0 Å². The third kappa shape index (κ3) is 6.12. The van der Waals surface area contributed by atoms with E-state index < -0.39 is 0 Å². The van der Waals surface area contributed by atoms with E-state index in [2.05, 4.69) is 24.5 Å². The van der Waals surface area contributed by atoms with E-state index in [1.165, 1.54) is 5.56 Å². The highest BCUT2D eigenvalue weighted by Crippen LogP contribution is 2.11. The van der Waals surface area contributed by atoms with Crippen LogP contribution in [0, 0.1) is 6.92 Å². The van der Waals surface area contributed by atoms with Crippen molar-refractivity contribution in [3.63, 3.8) is 0 Å². The molecule has 94 valence electrons. The highest BCUT2D eigenvalue weighted by molar-refractivity contribution is 7.80. The Morgan fingerprint density at radius 3 is 2.82 bits per heavy atom. The average Bonchev–Trinajstić information content (AvgIpc) is 2.23. The number of hydrogen-bond acceptors (Lipinski definition) is 2. The van der Waals surface area contributed by atoms with Gasteiger partial charge in [-0.25, -0.2) is 0 Å². The van der Waals surface area contributed by atoms with E-state index in [0.717, 1.165) is 5.75 Å². The molecule has 0 unspecified atom stereocenters. The fraction of sp³-hybridized carbons (Fsp3) is 0.462. The second-order valence-corrected chi connectivity index (χ2v) is 4.63. The number of aryl methyl sites for hydroxylation is 1. The smallest absolute Gasteiger partial charge is 0.166 e. The molecule has 0 aliphatic heterocycles. The Balaban J connectivity index is 2.18. The van der Waals surface area contributed by atoms with Crippen molar-refractivity contribution < 1.29 is 4.74 Å². The molecular formula is C13H20N2OS. The van der Waals surface area contributed by atoms with Crippen LogP contribution in [-0.2, 0) is 0 Å². The molecule has 4 heteroatoms. The zero-order chi connectivity index (χ0) is 12.7. The molecule has 0 radical (unpaired) electrons. The maximum atomic E-state index is 5.59. The van der Waals surface area contributed by atoms with Gasteiger partial charge in [-0.05, 0) is 50.7 Å². The molecule has 0 fully saturated rings. The monoisotopic (exact) mass is 252 g/mol. The van der Waals surface area contributed by atoms with Gasteiger partial charge in [0, 0.05) is 6.04 Å². The molecule has 0 amide bonds. The van der Waals surface area contributed by atoms with Crippen LogP contribution in [0.3, 0.4) is 0 Å². The van der Waals surface area contributed by atoms with Gasteiger partial charge in [0.1, 0.15) is 12.4 Å². The molecule has 3 nitrogen and oxygen atoms in total. The molecule has 0 aliphatic rings. The molecule has 0 bridgehead atoms. The lowest BCUT2D eigenvalue weighted by atomic mass is 10.2. The van der Waals surface area contributed by atoms with Gasteiger partial charge in [-0.15, -0.1) is 0 Å². The van der Waals surface area contributed by atoms with Crippen molar-refractivity contribution in [3.8, 4) is 5.75 Å². The van der Waals surface area contributed by atoms with E-state index >= 15 is 0 Å². The Labute approximate surface area is 109 Å². The van der Waals surface area contributed by atoms with Crippen LogP contribution < -0.4 is 15.4 Å². The van der Waals surface area contributed by atoms with Crippen LogP contribution in [0.25, 0.3) is 0 Å². The Morgan fingerprint density at radius 1 is 1.41 bits per heavy atom. The molecule has 17 heavy (non-hydrogen) atoms. The molecule has 1 aromatic carbocycles. The van der Waals surface area contributed by atoms with Gasteiger partial charge in [-0.1, -0.05) is 12.1 Å². The van der Waals surface area contributed by atoms with Gasteiger partial charge in [-0.2, -0.15) is 0 Å². The summed E-state index contributed by atoms with van der Waals surface area (Å²) in [5.74, 6) is 0.898. The lowest BCUT2D eigenvalue weighted by molar-refractivity contribution is 0.322. The van der Waals surface area contributed by atoms with E-state index in [9.17, 15) is 0 Å². The molecule has 0 spiro atoms. The van der Waals surface area contributed by atoms with Gasteiger partial charge in [0.2, 0.25) is 0 Å². The first-order valence-electron chi connectivity index (χ1n) is 5.82. The van der Waals surface area contributed by atoms with Gasteiger partial charge in [-0.3, -0.25) is 0 Å². The number of ether oxygens (including phenoxy) is 1. The predicted molar refractivity (Wildman–Crippen MR) is 75.5 cm³/mol. The average molecular weight is 252 g/mol. The van der Waals surface area contributed by atoms with Crippen molar-refractivity contribution in [3.05, 3.63) is 29.8 Å². The van der Waals surface area contributed by atoms with Crippen molar-refractivity contribution in [1.82, 2.24) is 10.6 Å². The summed E-state index contributed by atoms with van der Waals surface area (Å²) in [6, 6.07) is 8.37. The van der Waals surface area contributed by atoms with E-state index in [1.54, 1.807) is 0 Å². The number of thiocarbonyl (C=S) groups is 1. The summed E-state index contributed by atoms with van der Waals surface area (Å²) in [5.41, 5.74) is 1.20. The third-order valence-corrected chi connectivity index (χ3v) is 2.33. The van der Waals surface area contributed by atoms with Gasteiger partial charge >= 0.3 is 0 Å². The van der Waals surface area contributed by atoms with Crippen LogP contribution in [0.2, 0.25) is 0 Å². The van der Waals surface area contributed by atoms with E-state index in [0.29, 0.717) is 24.3 Å². The van der Waals surface area contributed by atoms with E-state index in [1.807, 2.05) is 31.2 Å². The lowest BCUT2D eigenvalue weighted by Gasteiger charge is -2.13. The van der Waals surface area contributed by atoms with Crippen molar-refractivity contribution >= 4 is 17.3 Å². The molecule has 0 aliphatic carbocycles. The quantitative estimate of drug-likeness (QED) is 0.622. The number of rotatable bonds is 5. The van der Waals surface area contributed by atoms with Crippen LogP contribution >= 0.6 is 12.2 Å². The summed E-state index contributed by atoms with van der Waals surface area (Å²) < 4.78 is 5.59. The minimum absolute atomic E-state index is 0.354. The Hall–Kier alpha value is -1.29. The summed E-state index contributed by atoms with van der Waals surface area (Å²) in [5, 5.41) is 6.88. The predicted octanol–water partition coefficient (Wildman–Crippen LogP) is 2.25. The lowest BCUT2D eigenvalue weighted by Crippen LogP contribution is -2.40. The second kappa shape index (κ2) is 7.12. The molecule has 2 N–H and O–H groups in total. The highest BCUT2D eigenvalue weighted by Gasteiger charge is 1.98. The largest absolute Gasteiger partial charge is 0.492 e. The standard InChI is InChI=1S/C13H20N2OS/c1-10(2)15-13(17)14-7-8-16-12-6-4-5-11(3)9-12/h4-6,9-10H,7-8H2,1-3H3,(H2,14,15,17). The topological polar surface area (TPSA) is 33.3 Å². The second-order valence-electron chi connectivity index (χ2n) is 4.22. The van der Waals surface area contributed by atoms with E-state index in [-0.39, 0.29) is 0 Å². The SMILES string of the molecule is Cc1cccc(OCCNC(=S)NC(C)C)c1. The fourth-order valence-corrected chi connectivity index (χ4v) is 1.69. The Kier molecular flexibility index (Phi) is 5.77. The number of nitrogens with one attached hydrogen (secondary N) is 2. The van der Waals surface area contributed by atoms with Gasteiger partial charge < -0.3 is 15.4 Å². The Morgan fingerprint density at radius 2 is 2.18 bits per heavy atom. The van der Waals surface area contributed by atoms with Crippen LogP contribution in [0.1, 0.15) is 19.4 Å². The summed E-state index contributed by atoms with van der Waals surface area (Å²) in [6.07, 6.45) is 0. The third-order valence-electron chi connectivity index (χ3n) is 2.07. The molecule has 0 saturated heterocycles. The molecule has 0 heterocycles. The molecular weight excluding hydrogens is 232 g/mol. The summed E-state index contributed by atoms with van der Waals surface area (Å²) in [4.78, 5) is 0. The molecule has 1 rings (SSSR count). The maximum absolute atomic E-state index is 5.59. The minimum atomic E-state index is 0.354. The first-order valence-corrected chi connectivity index (χ1v) is 6.22. The van der Waals surface area contributed by atoms with E-state index in [4.69, 9.17) is 17.0 Å². The summed E-state index contributed by atoms with van der Waals surface area (Å²) in [7, 11) is 0. The zero-order valence-corrected chi connectivity index (χ0v) is 11.4. The van der Waals surface area contributed by atoms with Crippen molar-refractivity contribution in [2.24, 2.45) is 0 Å². The van der Waals surface area contributed by atoms with Crippen molar-refractivity contribution in [2.45, 2.75) is 26.8 Å². The maximum Gasteiger partial charge on any atom is 0.166 e. The van der Waals surface area contributed by atoms with Crippen molar-refractivity contribution in [1.29, 1.82) is 0 Å². The fourth-order valence-electron chi connectivity index (χ4n) is 1.35. The van der Waals surface area contributed by atoms with Gasteiger partial charge in [0.25, 0.3) is 0 Å². The van der Waals surface area contributed by atoms with Crippen LogP contribution in [-0.4, -0.2) is 24.3 Å². The first-order chi connectivity index (χ1) is 8.08. The number of benzene rings is 1. The molecule has 0 saturated carbocycles. The normalized spacial score (nSPS) is 10.1. The van der Waals surface area contributed by atoms with Gasteiger partial charge in [0.05, 0.1) is 6.54 Å². The van der Waals surface area contributed by atoms with Gasteiger partial charge in [0.15, 0.2) is 5.11 Å². The van der Waals surface area contributed by atoms with Crippen LogP contribution in [0.15, 0.2) is 24.3 Å². The molecule has 0 aromatic heterocycles. The first kappa shape index (κ1) is 13.8. The zero-order valence-electron chi connectivity index (χ0n) is 10.6.